The van der Waals surface area contributed by atoms with Crippen LogP contribution in [0.15, 0.2) is 0 Å². The van der Waals surface area contributed by atoms with E-state index in [1.165, 1.54) is 25.7 Å². The van der Waals surface area contributed by atoms with Crippen molar-refractivity contribution in [2.75, 3.05) is 0 Å². The van der Waals surface area contributed by atoms with Gasteiger partial charge in [-0.05, 0) is 85.9 Å². The lowest BCUT2D eigenvalue weighted by atomic mass is 9.42. The minimum absolute atomic E-state index is 0.107. The third kappa shape index (κ3) is 2.00. The first-order valence-electron chi connectivity index (χ1n) is 9.93. The van der Waals surface area contributed by atoms with E-state index in [2.05, 4.69) is 27.7 Å². The standard InChI is InChI=1S/C21H34O2/c1-13-11-14-12-15(22)5-8-19(14,2)16-6-9-20(3)17(18(13)16)7-10-21(20,4)23/h13-14,16-18,23H,5-12H2,1-4H3/t13-,14+,16+,17+,18-,19+,20+,21-/m1/s1. The van der Waals surface area contributed by atoms with Gasteiger partial charge in [-0.2, -0.15) is 0 Å². The third-order valence-electron chi connectivity index (χ3n) is 9.40. The Bertz CT molecular complexity index is 524. The summed E-state index contributed by atoms with van der Waals surface area (Å²) >= 11 is 0. The molecule has 4 rings (SSSR count). The van der Waals surface area contributed by atoms with Crippen molar-refractivity contribution >= 4 is 5.78 Å². The number of carbonyl (C=O) groups excluding carboxylic acids is 1. The highest BCUT2D eigenvalue weighted by Gasteiger charge is 2.64. The number of carbonyl (C=O) groups is 1. The smallest absolute Gasteiger partial charge is 0.133 e. The van der Waals surface area contributed by atoms with E-state index in [1.54, 1.807) is 0 Å². The van der Waals surface area contributed by atoms with Gasteiger partial charge in [0.15, 0.2) is 0 Å². The van der Waals surface area contributed by atoms with Gasteiger partial charge in [0.05, 0.1) is 5.60 Å². The summed E-state index contributed by atoms with van der Waals surface area (Å²) in [7, 11) is 0. The number of ketones is 1. The first-order valence-corrected chi connectivity index (χ1v) is 9.93. The lowest BCUT2D eigenvalue weighted by Gasteiger charge is -2.62. The summed E-state index contributed by atoms with van der Waals surface area (Å²) in [4.78, 5) is 12.0. The Morgan fingerprint density at radius 3 is 2.48 bits per heavy atom. The van der Waals surface area contributed by atoms with E-state index < -0.39 is 5.60 Å². The van der Waals surface area contributed by atoms with Crippen LogP contribution in [-0.4, -0.2) is 16.5 Å². The fraction of sp³-hybridized carbons (Fsp3) is 0.952. The number of aliphatic hydroxyl groups is 1. The summed E-state index contributed by atoms with van der Waals surface area (Å²) in [6, 6.07) is 0. The van der Waals surface area contributed by atoms with Crippen molar-refractivity contribution < 1.29 is 9.90 Å². The van der Waals surface area contributed by atoms with Crippen molar-refractivity contribution in [1.82, 2.24) is 0 Å². The number of hydrogen-bond acceptors (Lipinski definition) is 2. The normalized spacial score (nSPS) is 59.2. The van der Waals surface area contributed by atoms with Crippen molar-refractivity contribution in [1.29, 1.82) is 0 Å². The second-order valence-electron chi connectivity index (χ2n) is 10.2. The van der Waals surface area contributed by atoms with E-state index in [0.29, 0.717) is 29.0 Å². The second-order valence-corrected chi connectivity index (χ2v) is 10.2. The lowest BCUT2D eigenvalue weighted by molar-refractivity contribution is -0.165. The Hall–Kier alpha value is -0.370. The Labute approximate surface area is 141 Å². The van der Waals surface area contributed by atoms with E-state index >= 15 is 0 Å². The van der Waals surface area contributed by atoms with Crippen LogP contribution in [-0.2, 0) is 4.79 Å². The van der Waals surface area contributed by atoms with Crippen LogP contribution in [0.1, 0.15) is 79.1 Å². The van der Waals surface area contributed by atoms with E-state index in [9.17, 15) is 9.90 Å². The summed E-state index contributed by atoms with van der Waals surface area (Å²) in [6.07, 6.45) is 8.61. The van der Waals surface area contributed by atoms with Crippen LogP contribution in [0.25, 0.3) is 0 Å². The quantitative estimate of drug-likeness (QED) is 0.709. The fourth-order valence-electron chi connectivity index (χ4n) is 7.67. The molecule has 4 fully saturated rings. The minimum Gasteiger partial charge on any atom is -0.390 e. The zero-order chi connectivity index (χ0) is 16.6. The van der Waals surface area contributed by atoms with Crippen LogP contribution in [0.3, 0.4) is 0 Å². The predicted octanol–water partition coefficient (Wildman–Crippen LogP) is 4.60. The van der Waals surface area contributed by atoms with Gasteiger partial charge in [0.2, 0.25) is 0 Å². The van der Waals surface area contributed by atoms with Crippen molar-refractivity contribution in [2.45, 2.75) is 84.7 Å². The highest BCUT2D eigenvalue weighted by Crippen LogP contribution is 2.69. The van der Waals surface area contributed by atoms with Crippen LogP contribution in [0.2, 0.25) is 0 Å². The van der Waals surface area contributed by atoms with Crippen LogP contribution in [0, 0.1) is 40.4 Å². The van der Waals surface area contributed by atoms with Gasteiger partial charge < -0.3 is 5.11 Å². The molecule has 1 N–H and O–H groups in total. The molecule has 23 heavy (non-hydrogen) atoms. The monoisotopic (exact) mass is 318 g/mol. The van der Waals surface area contributed by atoms with E-state index in [4.69, 9.17) is 0 Å². The molecule has 0 unspecified atom stereocenters. The Morgan fingerprint density at radius 2 is 1.74 bits per heavy atom. The molecule has 8 atom stereocenters. The van der Waals surface area contributed by atoms with Crippen molar-refractivity contribution in [3.05, 3.63) is 0 Å². The van der Waals surface area contributed by atoms with Crippen LogP contribution >= 0.6 is 0 Å². The third-order valence-corrected chi connectivity index (χ3v) is 9.40. The minimum atomic E-state index is -0.483. The summed E-state index contributed by atoms with van der Waals surface area (Å²) in [5.74, 6) is 4.05. The Kier molecular flexibility index (Phi) is 3.39. The van der Waals surface area contributed by atoms with Gasteiger partial charge in [0.1, 0.15) is 5.78 Å². The van der Waals surface area contributed by atoms with E-state index in [-0.39, 0.29) is 5.41 Å². The molecule has 4 aliphatic carbocycles. The first-order chi connectivity index (χ1) is 10.7. The van der Waals surface area contributed by atoms with Gasteiger partial charge in [-0.25, -0.2) is 0 Å². The molecule has 0 saturated heterocycles. The van der Waals surface area contributed by atoms with Gasteiger partial charge in [-0.1, -0.05) is 20.8 Å². The molecule has 2 heteroatoms. The number of rotatable bonds is 0. The molecule has 130 valence electrons. The molecule has 0 aliphatic heterocycles. The van der Waals surface area contributed by atoms with Crippen LogP contribution in [0.5, 0.6) is 0 Å². The molecular formula is C21H34O2. The lowest BCUT2D eigenvalue weighted by Crippen LogP contribution is -2.58. The molecule has 0 bridgehead atoms. The van der Waals surface area contributed by atoms with E-state index in [0.717, 1.165) is 37.5 Å². The summed E-state index contributed by atoms with van der Waals surface area (Å²) in [6.45, 7) is 9.40. The fourth-order valence-corrected chi connectivity index (χ4v) is 7.67. The average Bonchev–Trinajstić information content (AvgIpc) is 2.72. The maximum atomic E-state index is 12.0. The maximum absolute atomic E-state index is 12.0. The average molecular weight is 319 g/mol. The largest absolute Gasteiger partial charge is 0.390 e. The van der Waals surface area contributed by atoms with Crippen molar-refractivity contribution in [2.24, 2.45) is 40.4 Å². The summed E-state index contributed by atoms with van der Waals surface area (Å²) in [5, 5.41) is 11.0. The summed E-state index contributed by atoms with van der Waals surface area (Å²) < 4.78 is 0. The molecule has 0 amide bonds. The number of hydrogen-bond donors (Lipinski definition) is 1. The molecular weight excluding hydrogens is 284 g/mol. The van der Waals surface area contributed by atoms with Crippen LogP contribution in [0.4, 0.5) is 0 Å². The maximum Gasteiger partial charge on any atom is 0.133 e. The van der Waals surface area contributed by atoms with E-state index in [1.807, 2.05) is 0 Å². The topological polar surface area (TPSA) is 37.3 Å². The zero-order valence-electron chi connectivity index (χ0n) is 15.4. The SMILES string of the molecule is C[C@@H]1C[C@H]2CC(=O)CC[C@]2(C)[C@H]2CC[C@@]3(C)[C@@H](CC[C@@]3(C)O)[C@H]12. The summed E-state index contributed by atoms with van der Waals surface area (Å²) in [5.41, 5.74) is -0.000383. The Morgan fingerprint density at radius 1 is 1.04 bits per heavy atom. The molecule has 4 saturated carbocycles. The van der Waals surface area contributed by atoms with Gasteiger partial charge in [-0.3, -0.25) is 4.79 Å². The molecule has 4 aliphatic rings. The van der Waals surface area contributed by atoms with Gasteiger partial charge in [-0.15, -0.1) is 0 Å². The Balaban J connectivity index is 1.70. The molecule has 0 radical (unpaired) electrons. The molecule has 0 spiro atoms. The highest BCUT2D eigenvalue weighted by atomic mass is 16.3. The second kappa shape index (κ2) is 4.84. The molecule has 0 aromatic rings. The van der Waals surface area contributed by atoms with Gasteiger partial charge in [0.25, 0.3) is 0 Å². The molecule has 0 aromatic heterocycles. The molecule has 0 aromatic carbocycles. The van der Waals surface area contributed by atoms with Crippen molar-refractivity contribution in [3.8, 4) is 0 Å². The number of Topliss-reactive ketones (excluding diaryl/α,β-unsaturated/α-hetero) is 1. The number of fused-ring (bicyclic) bond motifs is 5. The highest BCUT2D eigenvalue weighted by molar-refractivity contribution is 5.79. The predicted molar refractivity (Wildman–Crippen MR) is 91.9 cm³/mol. The van der Waals surface area contributed by atoms with Gasteiger partial charge >= 0.3 is 0 Å². The zero-order valence-corrected chi connectivity index (χ0v) is 15.4. The molecule has 2 nitrogen and oxygen atoms in total. The van der Waals surface area contributed by atoms with Gasteiger partial charge in [0, 0.05) is 12.8 Å². The van der Waals surface area contributed by atoms with Crippen LogP contribution < -0.4 is 0 Å². The first kappa shape index (κ1) is 16.1. The molecule has 0 heterocycles. The van der Waals surface area contributed by atoms with Crippen molar-refractivity contribution in [3.63, 3.8) is 0 Å².